The summed E-state index contributed by atoms with van der Waals surface area (Å²) in [5.41, 5.74) is 11.0. The van der Waals surface area contributed by atoms with E-state index < -0.39 is 10.0 Å². The van der Waals surface area contributed by atoms with Crippen molar-refractivity contribution in [2.45, 2.75) is 11.3 Å². The summed E-state index contributed by atoms with van der Waals surface area (Å²) in [6, 6.07) is 13.5. The van der Waals surface area contributed by atoms with E-state index in [9.17, 15) is 8.42 Å². The van der Waals surface area contributed by atoms with Gasteiger partial charge in [-0.1, -0.05) is 23.7 Å². The predicted octanol–water partition coefficient (Wildman–Crippen LogP) is 3.95. The highest BCUT2D eigenvalue weighted by atomic mass is 35.5. The first-order chi connectivity index (χ1) is 11.5. The Labute approximate surface area is 143 Å². The van der Waals surface area contributed by atoms with E-state index in [0.717, 1.165) is 23.4 Å². The average Bonchev–Trinajstić information content (AvgIpc) is 3.05. The van der Waals surface area contributed by atoms with Crippen LogP contribution in [0.5, 0.6) is 0 Å². The van der Waals surface area contributed by atoms with Crippen LogP contribution in [0.2, 0.25) is 5.02 Å². The summed E-state index contributed by atoms with van der Waals surface area (Å²) in [7, 11) is -3.97. The number of rotatable bonds is 4. The summed E-state index contributed by atoms with van der Waals surface area (Å²) in [5, 5.41) is 7.03. The fourth-order valence-corrected chi connectivity index (χ4v) is 3.17. The maximum atomic E-state index is 11.7. The number of hydrogen-bond acceptors (Lipinski definition) is 4. The minimum Gasteiger partial charge on any atom is -0.265 e. The number of hydrazone groups is 1. The number of azide groups is 1. The lowest BCUT2D eigenvalue weighted by atomic mass is 10.1. The number of halogens is 1. The Kier molecular flexibility index (Phi) is 4.44. The van der Waals surface area contributed by atoms with Crippen LogP contribution in [0.25, 0.3) is 10.4 Å². The Morgan fingerprint density at radius 2 is 1.79 bits per heavy atom. The number of anilines is 1. The number of benzene rings is 2. The maximum Gasteiger partial charge on any atom is 0.264 e. The SMILES string of the molecule is [N-]=[N+]=NS(=O)(=O)c1ccc(N2CCC(c3ccc(Cl)cc3)=N2)cc1. The van der Waals surface area contributed by atoms with E-state index in [1.165, 1.54) is 12.1 Å². The van der Waals surface area contributed by atoms with Gasteiger partial charge in [0.1, 0.15) is 0 Å². The first-order valence-corrected chi connectivity index (χ1v) is 8.84. The van der Waals surface area contributed by atoms with E-state index in [-0.39, 0.29) is 4.90 Å². The van der Waals surface area contributed by atoms with Crippen molar-refractivity contribution < 1.29 is 8.42 Å². The Hall–Kier alpha value is -2.54. The molecule has 0 N–H and O–H groups in total. The van der Waals surface area contributed by atoms with Gasteiger partial charge in [0.2, 0.25) is 0 Å². The second-order valence-electron chi connectivity index (χ2n) is 5.07. The van der Waals surface area contributed by atoms with Gasteiger partial charge in [0, 0.05) is 27.4 Å². The summed E-state index contributed by atoms with van der Waals surface area (Å²) < 4.78 is 26.1. The molecule has 0 aliphatic carbocycles. The van der Waals surface area contributed by atoms with Gasteiger partial charge in [-0.3, -0.25) is 5.01 Å². The van der Waals surface area contributed by atoms with E-state index in [0.29, 0.717) is 11.6 Å². The minimum absolute atomic E-state index is 0.0508. The zero-order valence-electron chi connectivity index (χ0n) is 12.4. The topological polar surface area (TPSA) is 98.5 Å². The fraction of sp³-hybridized carbons (Fsp3) is 0.133. The molecule has 3 rings (SSSR count). The van der Waals surface area contributed by atoms with E-state index in [2.05, 4.69) is 14.5 Å². The summed E-state index contributed by atoms with van der Waals surface area (Å²) in [6.45, 7) is 0.695. The van der Waals surface area contributed by atoms with E-state index in [4.69, 9.17) is 17.1 Å². The molecule has 24 heavy (non-hydrogen) atoms. The molecule has 1 aliphatic rings. The molecule has 122 valence electrons. The molecule has 9 heteroatoms. The van der Waals surface area contributed by atoms with Crippen molar-refractivity contribution in [1.29, 1.82) is 0 Å². The Bertz CT molecular complexity index is 933. The van der Waals surface area contributed by atoms with Crippen LogP contribution >= 0.6 is 11.6 Å². The molecular formula is C15H12ClN5O2S. The number of nitrogens with zero attached hydrogens (tertiary/aromatic N) is 5. The quantitative estimate of drug-likeness (QED) is 0.468. The summed E-state index contributed by atoms with van der Waals surface area (Å²) in [6.07, 6.45) is 0.778. The molecule has 0 atom stereocenters. The molecule has 0 bridgehead atoms. The molecule has 0 fully saturated rings. The van der Waals surface area contributed by atoms with E-state index in [1.807, 2.05) is 24.3 Å². The lowest BCUT2D eigenvalue weighted by Crippen LogP contribution is -2.11. The number of hydrogen-bond donors (Lipinski definition) is 0. The molecule has 0 saturated carbocycles. The minimum atomic E-state index is -3.97. The second-order valence-corrected chi connectivity index (χ2v) is 7.09. The zero-order valence-corrected chi connectivity index (χ0v) is 13.9. The van der Waals surface area contributed by atoms with Crippen molar-refractivity contribution in [3.63, 3.8) is 0 Å². The lowest BCUT2D eigenvalue weighted by molar-refractivity contribution is 0.597. The van der Waals surface area contributed by atoms with Crippen molar-refractivity contribution >= 4 is 33.0 Å². The van der Waals surface area contributed by atoms with Crippen LogP contribution in [0, 0.1) is 0 Å². The van der Waals surface area contributed by atoms with Crippen LogP contribution in [0.1, 0.15) is 12.0 Å². The molecular weight excluding hydrogens is 350 g/mol. The van der Waals surface area contributed by atoms with Gasteiger partial charge in [-0.05, 0) is 47.5 Å². The van der Waals surface area contributed by atoms with Crippen LogP contribution in [-0.2, 0) is 10.0 Å². The monoisotopic (exact) mass is 361 g/mol. The van der Waals surface area contributed by atoms with Gasteiger partial charge in [0.15, 0.2) is 0 Å². The van der Waals surface area contributed by atoms with Gasteiger partial charge in [-0.2, -0.15) is 5.10 Å². The lowest BCUT2D eigenvalue weighted by Gasteiger charge is -2.13. The van der Waals surface area contributed by atoms with Crippen LogP contribution < -0.4 is 5.01 Å². The average molecular weight is 362 g/mol. The highest BCUT2D eigenvalue weighted by Crippen LogP contribution is 2.24. The molecule has 0 amide bonds. The first kappa shape index (κ1) is 16.3. The van der Waals surface area contributed by atoms with Crippen molar-refractivity contribution in [2.75, 3.05) is 11.6 Å². The highest BCUT2D eigenvalue weighted by molar-refractivity contribution is 7.90. The van der Waals surface area contributed by atoms with Gasteiger partial charge in [0.25, 0.3) is 10.0 Å². The first-order valence-electron chi connectivity index (χ1n) is 7.02. The molecule has 1 heterocycles. The molecule has 0 aromatic heterocycles. The van der Waals surface area contributed by atoms with E-state index in [1.54, 1.807) is 17.1 Å². The Morgan fingerprint density at radius 1 is 1.12 bits per heavy atom. The smallest absolute Gasteiger partial charge is 0.264 e. The normalized spacial score (nSPS) is 14.2. The molecule has 0 unspecified atom stereocenters. The van der Waals surface area contributed by atoms with Gasteiger partial charge < -0.3 is 0 Å². The van der Waals surface area contributed by atoms with Gasteiger partial charge in [-0.15, -0.1) is 0 Å². The van der Waals surface area contributed by atoms with Crippen LogP contribution in [-0.4, -0.2) is 20.7 Å². The molecule has 0 saturated heterocycles. The third-order valence-electron chi connectivity index (χ3n) is 3.56. The molecule has 0 spiro atoms. The largest absolute Gasteiger partial charge is 0.265 e. The van der Waals surface area contributed by atoms with E-state index >= 15 is 0 Å². The standard InChI is InChI=1S/C15H12ClN5O2S/c16-12-3-1-11(2-4-12)15-9-10-21(18-15)13-5-7-14(8-6-13)24(22,23)20-19-17/h1-8H,9-10H2. The highest BCUT2D eigenvalue weighted by Gasteiger charge is 2.18. The molecule has 2 aromatic carbocycles. The Morgan fingerprint density at radius 3 is 2.42 bits per heavy atom. The van der Waals surface area contributed by atoms with Crippen molar-refractivity contribution in [3.05, 3.63) is 69.6 Å². The molecule has 2 aromatic rings. The second kappa shape index (κ2) is 6.52. The summed E-state index contributed by atoms with van der Waals surface area (Å²) in [4.78, 5) is 2.28. The van der Waals surface area contributed by atoms with Crippen LogP contribution in [0.4, 0.5) is 5.69 Å². The van der Waals surface area contributed by atoms with Gasteiger partial charge >= 0.3 is 0 Å². The summed E-state index contributed by atoms with van der Waals surface area (Å²) >= 11 is 5.89. The molecule has 0 radical (unpaired) electrons. The molecule has 1 aliphatic heterocycles. The predicted molar refractivity (Wildman–Crippen MR) is 92.7 cm³/mol. The van der Waals surface area contributed by atoms with Gasteiger partial charge in [-0.25, -0.2) is 8.42 Å². The summed E-state index contributed by atoms with van der Waals surface area (Å²) in [5.74, 6) is 0. The maximum absolute atomic E-state index is 11.7. The van der Waals surface area contributed by atoms with Crippen molar-refractivity contribution in [3.8, 4) is 0 Å². The third-order valence-corrected chi connectivity index (χ3v) is 4.96. The molecule has 7 nitrogen and oxygen atoms in total. The zero-order chi connectivity index (χ0) is 17.2. The van der Waals surface area contributed by atoms with Crippen molar-refractivity contribution in [1.82, 2.24) is 0 Å². The third kappa shape index (κ3) is 3.35. The van der Waals surface area contributed by atoms with Crippen LogP contribution in [0.15, 0.2) is 63.0 Å². The van der Waals surface area contributed by atoms with Crippen LogP contribution in [0.3, 0.4) is 0 Å². The fourth-order valence-electron chi connectivity index (χ4n) is 2.37. The number of sulfonamides is 1. The Balaban J connectivity index is 1.83. The van der Waals surface area contributed by atoms with Gasteiger partial charge in [0.05, 0.1) is 16.3 Å². The van der Waals surface area contributed by atoms with Crippen molar-refractivity contribution in [2.24, 2.45) is 9.62 Å².